The second kappa shape index (κ2) is 9.83. The van der Waals surface area contributed by atoms with Gasteiger partial charge in [0.2, 0.25) is 5.95 Å². The molecule has 0 spiro atoms. The molecule has 10 aromatic rings. The second-order valence-electron chi connectivity index (χ2n) is 11.8. The van der Waals surface area contributed by atoms with E-state index in [1.807, 2.05) is 11.3 Å². The summed E-state index contributed by atoms with van der Waals surface area (Å²) in [6, 6.07) is 54.3. The van der Waals surface area contributed by atoms with Crippen LogP contribution in [0.2, 0.25) is 0 Å². The summed E-state index contributed by atoms with van der Waals surface area (Å²) in [4.78, 5) is 10.6. The van der Waals surface area contributed by atoms with E-state index in [9.17, 15) is 0 Å². The maximum atomic E-state index is 5.36. The molecule has 7 aromatic carbocycles. The smallest absolute Gasteiger partial charge is 0.235 e. The molecular weight excluding hydrogens is 579 g/mol. The average molecular weight is 604 g/mol. The molecule has 0 atom stereocenters. The minimum absolute atomic E-state index is 0.673. The fraction of sp³-hybridized carbons (Fsp3) is 0. The van der Waals surface area contributed by atoms with Crippen molar-refractivity contribution in [1.82, 2.24) is 14.5 Å². The summed E-state index contributed by atoms with van der Waals surface area (Å²) in [7, 11) is 0. The summed E-state index contributed by atoms with van der Waals surface area (Å²) < 4.78 is 4.85. The number of para-hydroxylation sites is 1. The summed E-state index contributed by atoms with van der Waals surface area (Å²) in [5.41, 5.74) is 7.46. The molecule has 0 aliphatic carbocycles. The molecule has 0 aliphatic rings. The van der Waals surface area contributed by atoms with Crippen LogP contribution in [0.5, 0.6) is 0 Å². The summed E-state index contributed by atoms with van der Waals surface area (Å²) in [5.74, 6) is 0.673. The third-order valence-electron chi connectivity index (χ3n) is 9.18. The van der Waals surface area contributed by atoms with Crippen molar-refractivity contribution in [3.63, 3.8) is 0 Å². The third-order valence-corrected chi connectivity index (χ3v) is 10.3. The van der Waals surface area contributed by atoms with E-state index in [1.165, 1.54) is 47.3 Å². The molecule has 4 heteroatoms. The summed E-state index contributed by atoms with van der Waals surface area (Å²) >= 11 is 1.85. The van der Waals surface area contributed by atoms with E-state index in [2.05, 4.69) is 156 Å². The van der Waals surface area contributed by atoms with Gasteiger partial charge < -0.3 is 0 Å². The van der Waals surface area contributed by atoms with Crippen molar-refractivity contribution in [2.24, 2.45) is 0 Å². The topological polar surface area (TPSA) is 30.7 Å². The lowest BCUT2D eigenvalue weighted by Gasteiger charge is -2.13. The van der Waals surface area contributed by atoms with Crippen LogP contribution in [-0.2, 0) is 0 Å². The lowest BCUT2D eigenvalue weighted by Crippen LogP contribution is -2.03. The molecule has 3 heterocycles. The largest absolute Gasteiger partial charge is 0.278 e. The highest BCUT2D eigenvalue weighted by Gasteiger charge is 2.18. The zero-order valence-electron chi connectivity index (χ0n) is 24.7. The number of nitrogens with zero attached hydrogens (tertiary/aromatic N) is 3. The van der Waals surface area contributed by atoms with Gasteiger partial charge in [-0.05, 0) is 70.4 Å². The normalized spacial score (nSPS) is 11.9. The molecule has 10 rings (SSSR count). The molecule has 0 aliphatic heterocycles. The molecule has 0 unspecified atom stereocenters. The molecule has 0 radical (unpaired) electrons. The van der Waals surface area contributed by atoms with Gasteiger partial charge in [-0.15, -0.1) is 11.3 Å². The van der Waals surface area contributed by atoms with Gasteiger partial charge in [-0.1, -0.05) is 103 Å². The van der Waals surface area contributed by atoms with E-state index in [-0.39, 0.29) is 0 Å². The first kappa shape index (κ1) is 25.5. The minimum Gasteiger partial charge on any atom is -0.278 e. The van der Waals surface area contributed by atoms with Crippen LogP contribution >= 0.6 is 11.3 Å². The van der Waals surface area contributed by atoms with Gasteiger partial charge in [0.05, 0.1) is 22.2 Å². The maximum absolute atomic E-state index is 5.36. The standard InChI is InChI=1S/C42H25N3S/c1-2-10-26(11-3-1)41-35-24-29(30-19-21-40-34(23-30)32-15-7-9-17-39(32)46-40)18-20-36(35)43-42(44-41)45-37-16-8-6-14-31(37)33-22-27-12-4-5-13-28(27)25-38(33)45/h1-25H. The predicted molar refractivity (Wildman–Crippen MR) is 195 cm³/mol. The zero-order chi connectivity index (χ0) is 30.2. The number of hydrogen-bond acceptors (Lipinski definition) is 3. The van der Waals surface area contributed by atoms with Crippen molar-refractivity contribution >= 4 is 75.0 Å². The van der Waals surface area contributed by atoms with Crippen molar-refractivity contribution in [3.8, 4) is 28.3 Å². The Morgan fingerprint density at radius 1 is 0.413 bits per heavy atom. The minimum atomic E-state index is 0.673. The Bertz CT molecular complexity index is 2810. The van der Waals surface area contributed by atoms with Crippen LogP contribution in [0.3, 0.4) is 0 Å². The Kier molecular flexibility index (Phi) is 5.45. The van der Waals surface area contributed by atoms with Gasteiger partial charge in [0.15, 0.2) is 0 Å². The van der Waals surface area contributed by atoms with Crippen LogP contribution in [0.25, 0.3) is 92.0 Å². The van der Waals surface area contributed by atoms with Crippen LogP contribution < -0.4 is 0 Å². The van der Waals surface area contributed by atoms with Gasteiger partial charge in [0, 0.05) is 41.9 Å². The Morgan fingerprint density at radius 3 is 1.96 bits per heavy atom. The van der Waals surface area contributed by atoms with Crippen molar-refractivity contribution in [3.05, 3.63) is 152 Å². The van der Waals surface area contributed by atoms with Gasteiger partial charge in [0.1, 0.15) is 0 Å². The SMILES string of the molecule is c1ccc(-c2nc(-n3c4ccccc4c4cc5ccccc5cc43)nc3ccc(-c4ccc5sc6ccccc6c5c4)cc23)cc1. The molecular formula is C42H25N3S. The quantitative estimate of drug-likeness (QED) is 0.201. The van der Waals surface area contributed by atoms with Crippen molar-refractivity contribution in [2.45, 2.75) is 0 Å². The highest BCUT2D eigenvalue weighted by atomic mass is 32.1. The monoisotopic (exact) mass is 603 g/mol. The first-order valence-electron chi connectivity index (χ1n) is 15.5. The van der Waals surface area contributed by atoms with E-state index in [1.54, 1.807) is 0 Å². The summed E-state index contributed by atoms with van der Waals surface area (Å²) in [5, 5.41) is 8.46. The number of fused-ring (bicyclic) bond motifs is 8. The van der Waals surface area contributed by atoms with Crippen LogP contribution in [0, 0.1) is 0 Å². The fourth-order valence-corrected chi connectivity index (χ4v) is 8.07. The molecule has 0 saturated heterocycles. The second-order valence-corrected chi connectivity index (χ2v) is 12.9. The van der Waals surface area contributed by atoms with Crippen LogP contribution in [0.15, 0.2) is 152 Å². The zero-order valence-corrected chi connectivity index (χ0v) is 25.5. The van der Waals surface area contributed by atoms with E-state index >= 15 is 0 Å². The van der Waals surface area contributed by atoms with Crippen LogP contribution in [0.4, 0.5) is 0 Å². The van der Waals surface area contributed by atoms with E-state index < -0.39 is 0 Å². The molecule has 46 heavy (non-hydrogen) atoms. The molecule has 0 fully saturated rings. The number of rotatable bonds is 3. The number of benzene rings is 7. The highest BCUT2D eigenvalue weighted by molar-refractivity contribution is 7.25. The van der Waals surface area contributed by atoms with Gasteiger partial charge in [-0.2, -0.15) is 0 Å². The highest BCUT2D eigenvalue weighted by Crippen LogP contribution is 2.39. The van der Waals surface area contributed by atoms with Gasteiger partial charge in [-0.3, -0.25) is 4.57 Å². The first-order valence-corrected chi connectivity index (χ1v) is 16.3. The molecule has 214 valence electrons. The van der Waals surface area contributed by atoms with Crippen LogP contribution in [0.1, 0.15) is 0 Å². The van der Waals surface area contributed by atoms with E-state index in [0.717, 1.165) is 38.8 Å². The lowest BCUT2D eigenvalue weighted by molar-refractivity contribution is 1.01. The summed E-state index contributed by atoms with van der Waals surface area (Å²) in [6.45, 7) is 0. The third kappa shape index (κ3) is 3.84. The molecule has 0 saturated carbocycles. The van der Waals surface area contributed by atoms with Crippen molar-refractivity contribution in [2.75, 3.05) is 0 Å². The van der Waals surface area contributed by atoms with Crippen molar-refractivity contribution in [1.29, 1.82) is 0 Å². The van der Waals surface area contributed by atoms with Crippen molar-refractivity contribution < 1.29 is 0 Å². The predicted octanol–water partition coefficient (Wildman–Crippen LogP) is 11.6. The van der Waals surface area contributed by atoms with Gasteiger partial charge >= 0.3 is 0 Å². The molecule has 0 N–H and O–H groups in total. The number of thiophene rings is 1. The lowest BCUT2D eigenvalue weighted by atomic mass is 9.99. The average Bonchev–Trinajstić information content (AvgIpc) is 3.65. The summed E-state index contributed by atoms with van der Waals surface area (Å²) in [6.07, 6.45) is 0. The Hall–Kier alpha value is -5.84. The number of aromatic nitrogens is 3. The van der Waals surface area contributed by atoms with E-state index in [4.69, 9.17) is 9.97 Å². The molecule has 0 bridgehead atoms. The van der Waals surface area contributed by atoms with E-state index in [0.29, 0.717) is 5.95 Å². The Labute approximate surface area is 268 Å². The van der Waals surface area contributed by atoms with Gasteiger partial charge in [-0.25, -0.2) is 9.97 Å². The van der Waals surface area contributed by atoms with Gasteiger partial charge in [0.25, 0.3) is 0 Å². The number of hydrogen-bond donors (Lipinski definition) is 0. The fourth-order valence-electron chi connectivity index (χ4n) is 6.99. The Morgan fingerprint density at radius 2 is 1.09 bits per heavy atom. The molecule has 3 nitrogen and oxygen atoms in total. The Balaban J connectivity index is 1.23. The maximum Gasteiger partial charge on any atom is 0.235 e. The first-order chi connectivity index (χ1) is 22.8. The molecule has 0 amide bonds. The van der Waals surface area contributed by atoms with Crippen LogP contribution in [-0.4, -0.2) is 14.5 Å². The molecule has 3 aromatic heterocycles.